The summed E-state index contributed by atoms with van der Waals surface area (Å²) in [5, 5.41) is 19.2. The van der Waals surface area contributed by atoms with E-state index in [0.717, 1.165) is 0 Å². The highest BCUT2D eigenvalue weighted by Gasteiger charge is 2.24. The van der Waals surface area contributed by atoms with Crippen LogP contribution in [0, 0.1) is 0 Å². The van der Waals surface area contributed by atoms with Gasteiger partial charge in [-0.15, -0.1) is 0 Å². The zero-order chi connectivity index (χ0) is 14.5. The number of likely N-dealkylation sites (N-methyl/N-ethyl adjacent to an activating group) is 1. The van der Waals surface area contributed by atoms with Crippen molar-refractivity contribution >= 4 is 5.69 Å². The normalized spacial score (nSPS) is 13.6. The molecule has 0 aromatic heterocycles. The number of aliphatic hydroxyl groups excluding tert-OH is 2. The summed E-state index contributed by atoms with van der Waals surface area (Å²) in [5.41, 5.74) is 5.93. The van der Waals surface area contributed by atoms with E-state index in [1.807, 2.05) is 37.9 Å². The Morgan fingerprint density at radius 3 is 2.58 bits per heavy atom. The van der Waals surface area contributed by atoms with Gasteiger partial charge in [-0.2, -0.15) is 0 Å². The van der Waals surface area contributed by atoms with Crippen molar-refractivity contribution in [3.05, 3.63) is 24.3 Å². The van der Waals surface area contributed by atoms with Gasteiger partial charge in [-0.3, -0.25) is 4.90 Å². The summed E-state index contributed by atoms with van der Waals surface area (Å²) in [6.07, 6.45) is -0.643. The average molecular weight is 268 g/mol. The first-order valence-electron chi connectivity index (χ1n) is 6.34. The quantitative estimate of drug-likeness (QED) is 0.635. The van der Waals surface area contributed by atoms with Gasteiger partial charge in [-0.1, -0.05) is 12.1 Å². The van der Waals surface area contributed by atoms with Gasteiger partial charge in [0, 0.05) is 12.1 Å². The van der Waals surface area contributed by atoms with Crippen LogP contribution in [0.15, 0.2) is 24.3 Å². The Hall–Kier alpha value is -1.30. The Kier molecular flexibility index (Phi) is 5.60. The number of ether oxygens (including phenoxy) is 1. The number of benzene rings is 1. The Balaban J connectivity index is 2.44. The molecule has 1 unspecified atom stereocenters. The highest BCUT2D eigenvalue weighted by Crippen LogP contribution is 2.20. The second-order valence-electron chi connectivity index (χ2n) is 5.35. The van der Waals surface area contributed by atoms with Crippen LogP contribution in [0.2, 0.25) is 0 Å². The molecule has 1 rings (SSSR count). The summed E-state index contributed by atoms with van der Waals surface area (Å²) in [7, 11) is 1.86. The molecule has 19 heavy (non-hydrogen) atoms. The monoisotopic (exact) mass is 268 g/mol. The summed E-state index contributed by atoms with van der Waals surface area (Å²) in [6.45, 7) is 4.44. The summed E-state index contributed by atoms with van der Waals surface area (Å²) in [6, 6.07) is 7.18. The minimum atomic E-state index is -0.643. The molecule has 0 aliphatic carbocycles. The Morgan fingerprint density at radius 1 is 1.37 bits per heavy atom. The van der Waals surface area contributed by atoms with Gasteiger partial charge in [0.1, 0.15) is 18.5 Å². The van der Waals surface area contributed by atoms with Crippen LogP contribution < -0.4 is 10.5 Å². The molecule has 0 saturated carbocycles. The molecule has 0 amide bonds. The number of para-hydroxylation sites is 2. The second kappa shape index (κ2) is 6.75. The number of aliphatic hydroxyl groups is 2. The van der Waals surface area contributed by atoms with Crippen molar-refractivity contribution in [3.8, 4) is 5.75 Å². The molecule has 1 aromatic carbocycles. The lowest BCUT2D eigenvalue weighted by atomic mass is 10.0. The molecular weight excluding hydrogens is 244 g/mol. The number of hydrogen-bond donors (Lipinski definition) is 3. The maximum Gasteiger partial charge on any atom is 0.142 e. The van der Waals surface area contributed by atoms with E-state index in [-0.39, 0.29) is 18.8 Å². The smallest absolute Gasteiger partial charge is 0.142 e. The zero-order valence-corrected chi connectivity index (χ0v) is 11.8. The van der Waals surface area contributed by atoms with Crippen LogP contribution in [0.1, 0.15) is 13.8 Å². The molecule has 0 aliphatic heterocycles. The van der Waals surface area contributed by atoms with Gasteiger partial charge >= 0.3 is 0 Å². The van der Waals surface area contributed by atoms with Gasteiger partial charge < -0.3 is 20.7 Å². The van der Waals surface area contributed by atoms with E-state index in [1.54, 1.807) is 12.1 Å². The van der Waals surface area contributed by atoms with Crippen molar-refractivity contribution in [2.24, 2.45) is 0 Å². The first kappa shape index (κ1) is 15.8. The number of β-amino-alcohol motifs (C(OH)–C–C–N with tert-alkyl or cyclic N) is 1. The van der Waals surface area contributed by atoms with Crippen LogP contribution in [0.4, 0.5) is 5.69 Å². The van der Waals surface area contributed by atoms with Crippen molar-refractivity contribution in [2.75, 3.05) is 32.5 Å². The number of nitrogen functional groups attached to an aromatic ring is 1. The molecule has 0 aliphatic rings. The number of nitrogens with two attached hydrogens (primary N) is 1. The first-order valence-corrected chi connectivity index (χ1v) is 6.34. The molecule has 0 heterocycles. The van der Waals surface area contributed by atoms with Gasteiger partial charge in [0.25, 0.3) is 0 Å². The number of nitrogens with zero attached hydrogens (tertiary/aromatic N) is 1. The SMILES string of the molecule is CN(CC(O)COc1ccccc1N)C(C)(C)CO. The molecule has 0 fully saturated rings. The van der Waals surface area contributed by atoms with Crippen molar-refractivity contribution in [3.63, 3.8) is 0 Å². The van der Waals surface area contributed by atoms with E-state index >= 15 is 0 Å². The molecular formula is C14H24N2O3. The third-order valence-electron chi connectivity index (χ3n) is 3.26. The lowest BCUT2D eigenvalue weighted by molar-refractivity contribution is 0.0194. The van der Waals surface area contributed by atoms with Crippen LogP contribution in [-0.4, -0.2) is 53.6 Å². The van der Waals surface area contributed by atoms with Crippen LogP contribution in [0.3, 0.4) is 0 Å². The van der Waals surface area contributed by atoms with Gasteiger partial charge in [0.2, 0.25) is 0 Å². The Morgan fingerprint density at radius 2 is 2.00 bits per heavy atom. The largest absolute Gasteiger partial charge is 0.489 e. The third kappa shape index (κ3) is 4.70. The van der Waals surface area contributed by atoms with Gasteiger partial charge in [0.05, 0.1) is 12.3 Å². The lowest BCUT2D eigenvalue weighted by Crippen LogP contribution is -2.48. The van der Waals surface area contributed by atoms with Gasteiger partial charge in [-0.05, 0) is 33.0 Å². The van der Waals surface area contributed by atoms with Crippen molar-refractivity contribution < 1.29 is 14.9 Å². The Bertz CT molecular complexity index is 396. The minimum absolute atomic E-state index is 0.0305. The standard InChI is InChI=1S/C14H24N2O3/c1-14(2,10-17)16(3)8-11(18)9-19-13-7-5-4-6-12(13)15/h4-7,11,17-18H,8-10,15H2,1-3H3. The topological polar surface area (TPSA) is 79.0 Å². The predicted molar refractivity (Wildman–Crippen MR) is 76.2 cm³/mol. The highest BCUT2D eigenvalue weighted by atomic mass is 16.5. The summed E-state index contributed by atoms with van der Waals surface area (Å²) in [4.78, 5) is 1.90. The van der Waals surface area contributed by atoms with Crippen molar-refractivity contribution in [1.82, 2.24) is 4.90 Å². The average Bonchev–Trinajstić information content (AvgIpc) is 2.37. The van der Waals surface area contributed by atoms with E-state index in [9.17, 15) is 10.2 Å². The molecule has 5 heteroatoms. The third-order valence-corrected chi connectivity index (χ3v) is 3.26. The molecule has 0 radical (unpaired) electrons. The fourth-order valence-electron chi connectivity index (χ4n) is 1.53. The van der Waals surface area contributed by atoms with Gasteiger partial charge in [0.15, 0.2) is 0 Å². The number of anilines is 1. The van der Waals surface area contributed by atoms with Gasteiger partial charge in [-0.25, -0.2) is 0 Å². The van der Waals surface area contributed by atoms with E-state index in [4.69, 9.17) is 10.5 Å². The van der Waals surface area contributed by atoms with Crippen LogP contribution in [0.25, 0.3) is 0 Å². The van der Waals surface area contributed by atoms with Crippen molar-refractivity contribution in [2.45, 2.75) is 25.5 Å². The molecule has 1 aromatic rings. The van der Waals surface area contributed by atoms with E-state index in [0.29, 0.717) is 18.0 Å². The second-order valence-corrected chi connectivity index (χ2v) is 5.35. The zero-order valence-electron chi connectivity index (χ0n) is 11.8. The summed E-state index contributed by atoms with van der Waals surface area (Å²) in [5.74, 6) is 0.575. The number of hydrogen-bond acceptors (Lipinski definition) is 5. The summed E-state index contributed by atoms with van der Waals surface area (Å²) < 4.78 is 5.48. The lowest BCUT2D eigenvalue weighted by Gasteiger charge is -2.35. The fourth-order valence-corrected chi connectivity index (χ4v) is 1.53. The highest BCUT2D eigenvalue weighted by molar-refractivity contribution is 5.51. The minimum Gasteiger partial charge on any atom is -0.489 e. The molecule has 4 N–H and O–H groups in total. The van der Waals surface area contributed by atoms with E-state index < -0.39 is 6.10 Å². The molecule has 1 atom stereocenters. The van der Waals surface area contributed by atoms with E-state index in [1.165, 1.54) is 0 Å². The maximum absolute atomic E-state index is 9.94. The molecule has 0 bridgehead atoms. The van der Waals surface area contributed by atoms with E-state index in [2.05, 4.69) is 0 Å². The van der Waals surface area contributed by atoms with Crippen LogP contribution in [-0.2, 0) is 0 Å². The predicted octanol–water partition coefficient (Wildman–Crippen LogP) is 0.711. The Labute approximate surface area is 114 Å². The molecule has 5 nitrogen and oxygen atoms in total. The molecule has 108 valence electrons. The fraction of sp³-hybridized carbons (Fsp3) is 0.571. The molecule has 0 saturated heterocycles. The first-order chi connectivity index (χ1) is 8.86. The summed E-state index contributed by atoms with van der Waals surface area (Å²) >= 11 is 0. The molecule has 0 spiro atoms. The van der Waals surface area contributed by atoms with Crippen molar-refractivity contribution in [1.29, 1.82) is 0 Å². The van der Waals surface area contributed by atoms with Crippen LogP contribution in [0.5, 0.6) is 5.75 Å². The maximum atomic E-state index is 9.94. The van der Waals surface area contributed by atoms with Crippen LogP contribution >= 0.6 is 0 Å². The number of rotatable bonds is 7.